The first kappa shape index (κ1) is 14.5. The van der Waals surface area contributed by atoms with Gasteiger partial charge in [0, 0.05) is 25.8 Å². The largest absolute Gasteiger partial charge is 0.378 e. The van der Waals surface area contributed by atoms with Crippen molar-refractivity contribution in [1.29, 1.82) is 0 Å². The minimum atomic E-state index is -0.208. The van der Waals surface area contributed by atoms with E-state index in [4.69, 9.17) is 5.73 Å². The van der Waals surface area contributed by atoms with Gasteiger partial charge in [0.05, 0.1) is 0 Å². The minimum Gasteiger partial charge on any atom is -0.378 e. The van der Waals surface area contributed by atoms with Crippen molar-refractivity contribution >= 4 is 5.69 Å². The zero-order valence-electron chi connectivity index (χ0n) is 12.2. The molecule has 3 heteroatoms. The lowest BCUT2D eigenvalue weighted by atomic mass is 9.96. The van der Waals surface area contributed by atoms with E-state index < -0.39 is 0 Å². The number of anilines is 1. The maximum atomic E-state index is 13.3. The van der Waals surface area contributed by atoms with Crippen LogP contribution in [0.3, 0.4) is 0 Å². The maximum absolute atomic E-state index is 13.3. The second-order valence-corrected chi connectivity index (χ2v) is 5.37. The third kappa shape index (κ3) is 3.36. The molecular weight excluding hydrogens is 251 g/mol. The Bertz CT molecular complexity index is 593. The Balaban J connectivity index is 2.21. The molecule has 0 aliphatic rings. The van der Waals surface area contributed by atoms with Gasteiger partial charge in [-0.1, -0.05) is 18.2 Å². The van der Waals surface area contributed by atoms with Crippen LogP contribution in [0.25, 0.3) is 0 Å². The molecule has 1 unspecified atom stereocenters. The smallest absolute Gasteiger partial charge is 0.123 e. The number of rotatable bonds is 4. The molecular formula is C17H21FN2. The predicted molar refractivity (Wildman–Crippen MR) is 82.5 cm³/mol. The Labute approximate surface area is 120 Å². The SMILES string of the molecule is Cc1ccc(F)cc1CC(N)c1cccc(N(C)C)c1. The second-order valence-electron chi connectivity index (χ2n) is 5.37. The molecule has 2 rings (SSSR count). The van der Waals surface area contributed by atoms with E-state index >= 15 is 0 Å². The molecule has 0 bridgehead atoms. The van der Waals surface area contributed by atoms with Crippen molar-refractivity contribution in [2.45, 2.75) is 19.4 Å². The fraction of sp³-hybridized carbons (Fsp3) is 0.294. The van der Waals surface area contributed by atoms with Crippen LogP contribution in [-0.2, 0) is 6.42 Å². The van der Waals surface area contributed by atoms with Crippen molar-refractivity contribution < 1.29 is 4.39 Å². The molecule has 0 saturated heterocycles. The van der Waals surface area contributed by atoms with Crippen LogP contribution >= 0.6 is 0 Å². The van der Waals surface area contributed by atoms with Crippen LogP contribution in [0.4, 0.5) is 10.1 Å². The molecule has 0 spiro atoms. The molecule has 20 heavy (non-hydrogen) atoms. The molecule has 0 aliphatic carbocycles. The predicted octanol–water partition coefficient (Wildman–Crippen LogP) is 3.44. The van der Waals surface area contributed by atoms with Crippen LogP contribution in [-0.4, -0.2) is 14.1 Å². The van der Waals surface area contributed by atoms with Gasteiger partial charge in [0.15, 0.2) is 0 Å². The van der Waals surface area contributed by atoms with E-state index in [2.05, 4.69) is 6.07 Å². The molecule has 0 amide bonds. The number of nitrogens with zero attached hydrogens (tertiary/aromatic N) is 1. The molecule has 106 valence electrons. The van der Waals surface area contributed by atoms with Crippen molar-refractivity contribution in [2.75, 3.05) is 19.0 Å². The molecule has 0 heterocycles. The van der Waals surface area contributed by atoms with Crippen molar-refractivity contribution in [3.8, 4) is 0 Å². The summed E-state index contributed by atoms with van der Waals surface area (Å²) in [7, 11) is 4.00. The van der Waals surface area contributed by atoms with Crippen LogP contribution in [0.5, 0.6) is 0 Å². The molecule has 0 aromatic heterocycles. The fourth-order valence-electron chi connectivity index (χ4n) is 2.25. The molecule has 2 aromatic rings. The highest BCUT2D eigenvalue weighted by Gasteiger charge is 2.10. The number of benzene rings is 2. The fourth-order valence-corrected chi connectivity index (χ4v) is 2.25. The Kier molecular flexibility index (Phi) is 4.40. The van der Waals surface area contributed by atoms with Crippen molar-refractivity contribution in [3.63, 3.8) is 0 Å². The second kappa shape index (κ2) is 6.06. The Morgan fingerprint density at radius 1 is 1.15 bits per heavy atom. The maximum Gasteiger partial charge on any atom is 0.123 e. The van der Waals surface area contributed by atoms with Crippen LogP contribution in [0.1, 0.15) is 22.7 Å². The van der Waals surface area contributed by atoms with Crippen LogP contribution in [0.2, 0.25) is 0 Å². The highest BCUT2D eigenvalue weighted by atomic mass is 19.1. The molecule has 2 N–H and O–H groups in total. The molecule has 0 fully saturated rings. The van der Waals surface area contributed by atoms with Gasteiger partial charge in [-0.3, -0.25) is 0 Å². The molecule has 2 nitrogen and oxygen atoms in total. The molecule has 0 radical (unpaired) electrons. The summed E-state index contributed by atoms with van der Waals surface area (Å²) in [6.07, 6.45) is 0.639. The zero-order valence-corrected chi connectivity index (χ0v) is 12.2. The first-order valence-electron chi connectivity index (χ1n) is 6.75. The van der Waals surface area contributed by atoms with Gasteiger partial charge < -0.3 is 10.6 Å². The average Bonchev–Trinajstić information content (AvgIpc) is 2.43. The Hall–Kier alpha value is -1.87. The summed E-state index contributed by atoms with van der Waals surface area (Å²) in [5.41, 5.74) is 10.5. The topological polar surface area (TPSA) is 29.3 Å². The van der Waals surface area contributed by atoms with Gasteiger partial charge in [-0.15, -0.1) is 0 Å². The van der Waals surface area contributed by atoms with Gasteiger partial charge in [0.1, 0.15) is 5.82 Å². The number of hydrogen-bond acceptors (Lipinski definition) is 2. The quantitative estimate of drug-likeness (QED) is 0.923. The van der Waals surface area contributed by atoms with Gasteiger partial charge in [0.2, 0.25) is 0 Å². The number of aryl methyl sites for hydroxylation is 1. The third-order valence-electron chi connectivity index (χ3n) is 3.57. The summed E-state index contributed by atoms with van der Waals surface area (Å²) < 4.78 is 13.3. The minimum absolute atomic E-state index is 0.129. The molecule has 0 aliphatic heterocycles. The first-order chi connectivity index (χ1) is 9.47. The third-order valence-corrected chi connectivity index (χ3v) is 3.57. The van der Waals surface area contributed by atoms with Crippen molar-refractivity contribution in [2.24, 2.45) is 5.73 Å². The Morgan fingerprint density at radius 2 is 1.90 bits per heavy atom. The van der Waals surface area contributed by atoms with Crippen LogP contribution < -0.4 is 10.6 Å². The van der Waals surface area contributed by atoms with E-state index in [0.29, 0.717) is 6.42 Å². The van der Waals surface area contributed by atoms with E-state index in [1.165, 1.54) is 6.07 Å². The normalized spacial score (nSPS) is 12.2. The first-order valence-corrected chi connectivity index (χ1v) is 6.75. The summed E-state index contributed by atoms with van der Waals surface area (Å²) in [6.45, 7) is 1.98. The highest BCUT2D eigenvalue weighted by Crippen LogP contribution is 2.22. The summed E-state index contributed by atoms with van der Waals surface area (Å²) in [5, 5.41) is 0. The lowest BCUT2D eigenvalue weighted by molar-refractivity contribution is 0.621. The highest BCUT2D eigenvalue weighted by molar-refractivity contribution is 5.48. The summed E-state index contributed by atoms with van der Waals surface area (Å²) >= 11 is 0. The summed E-state index contributed by atoms with van der Waals surface area (Å²) in [6, 6.07) is 12.9. The number of halogens is 1. The van der Waals surface area contributed by atoms with E-state index in [-0.39, 0.29) is 11.9 Å². The van der Waals surface area contributed by atoms with Crippen molar-refractivity contribution in [1.82, 2.24) is 0 Å². The van der Waals surface area contributed by atoms with Crippen LogP contribution in [0.15, 0.2) is 42.5 Å². The van der Waals surface area contributed by atoms with Gasteiger partial charge >= 0.3 is 0 Å². The standard InChI is InChI=1S/C17H21FN2/c1-12-7-8-15(18)9-14(12)11-17(19)13-5-4-6-16(10-13)20(2)3/h4-10,17H,11,19H2,1-3H3. The van der Waals surface area contributed by atoms with Gasteiger partial charge in [-0.05, 0) is 54.3 Å². The summed E-state index contributed by atoms with van der Waals surface area (Å²) in [5.74, 6) is -0.208. The van der Waals surface area contributed by atoms with Crippen molar-refractivity contribution in [3.05, 3.63) is 65.0 Å². The lowest BCUT2D eigenvalue weighted by Crippen LogP contribution is -2.15. The van der Waals surface area contributed by atoms with Crippen LogP contribution in [0, 0.1) is 12.7 Å². The van der Waals surface area contributed by atoms with Gasteiger partial charge in [-0.2, -0.15) is 0 Å². The van der Waals surface area contributed by atoms with E-state index in [9.17, 15) is 4.39 Å². The Morgan fingerprint density at radius 3 is 2.60 bits per heavy atom. The average molecular weight is 272 g/mol. The lowest BCUT2D eigenvalue weighted by Gasteiger charge is -2.18. The summed E-state index contributed by atoms with van der Waals surface area (Å²) in [4.78, 5) is 2.05. The number of hydrogen-bond donors (Lipinski definition) is 1. The monoisotopic (exact) mass is 272 g/mol. The van der Waals surface area contributed by atoms with E-state index in [0.717, 1.165) is 22.4 Å². The zero-order chi connectivity index (χ0) is 14.7. The van der Waals surface area contributed by atoms with E-state index in [1.54, 1.807) is 12.1 Å². The van der Waals surface area contributed by atoms with E-state index in [1.807, 2.05) is 44.1 Å². The van der Waals surface area contributed by atoms with Gasteiger partial charge in [-0.25, -0.2) is 4.39 Å². The van der Waals surface area contributed by atoms with Gasteiger partial charge in [0.25, 0.3) is 0 Å². The molecule has 0 saturated carbocycles. The number of nitrogens with two attached hydrogens (primary N) is 1. The molecule has 2 aromatic carbocycles. The molecule has 1 atom stereocenters.